The maximum Gasteiger partial charge on any atom is 0.283 e. The minimum absolute atomic E-state index is 0.0526. The lowest BCUT2D eigenvalue weighted by atomic mass is 10.0. The Morgan fingerprint density at radius 3 is 2.78 bits per heavy atom. The molecule has 18 heavy (non-hydrogen) atoms. The topological polar surface area (TPSA) is 46.9 Å². The highest BCUT2D eigenvalue weighted by Crippen LogP contribution is 2.48. The van der Waals surface area contributed by atoms with E-state index in [9.17, 15) is 4.79 Å². The van der Waals surface area contributed by atoms with Crippen molar-refractivity contribution in [1.82, 2.24) is 9.78 Å². The maximum atomic E-state index is 12.0. The van der Waals surface area contributed by atoms with Gasteiger partial charge in [0.25, 0.3) is 5.56 Å². The molecule has 1 aromatic heterocycles. The summed E-state index contributed by atoms with van der Waals surface area (Å²) in [5, 5.41) is 7.54. The van der Waals surface area contributed by atoms with E-state index in [0.29, 0.717) is 16.4 Å². The Hall–Kier alpha value is -0.840. The van der Waals surface area contributed by atoms with Gasteiger partial charge in [0.2, 0.25) is 0 Å². The highest BCUT2D eigenvalue weighted by Gasteiger charge is 2.40. The van der Waals surface area contributed by atoms with Gasteiger partial charge >= 0.3 is 0 Å². The standard InChI is InChI=1S/C13H20BrN3O/c1-3-7-17-12(18)11(14)10(8-16-17)15-9-13(4-2)5-6-13/h8,15H,3-7,9H2,1-2H3. The van der Waals surface area contributed by atoms with Gasteiger partial charge in [0.15, 0.2) is 0 Å². The molecule has 0 unspecified atom stereocenters. The van der Waals surface area contributed by atoms with E-state index in [1.165, 1.54) is 23.9 Å². The third-order valence-electron chi connectivity index (χ3n) is 3.78. The Labute approximate surface area is 116 Å². The van der Waals surface area contributed by atoms with Crippen LogP contribution in [0.3, 0.4) is 0 Å². The van der Waals surface area contributed by atoms with E-state index in [2.05, 4.69) is 33.3 Å². The lowest BCUT2D eigenvalue weighted by molar-refractivity contribution is 0.520. The lowest BCUT2D eigenvalue weighted by Crippen LogP contribution is -2.25. The molecular formula is C13H20BrN3O. The summed E-state index contributed by atoms with van der Waals surface area (Å²) in [6.07, 6.45) is 6.42. The van der Waals surface area contributed by atoms with Crippen molar-refractivity contribution < 1.29 is 0 Å². The summed E-state index contributed by atoms with van der Waals surface area (Å²) < 4.78 is 2.10. The number of aryl methyl sites for hydroxylation is 1. The zero-order valence-electron chi connectivity index (χ0n) is 11.0. The molecule has 1 saturated carbocycles. The van der Waals surface area contributed by atoms with Crippen molar-refractivity contribution in [3.8, 4) is 0 Å². The number of hydrogen-bond donors (Lipinski definition) is 1. The summed E-state index contributed by atoms with van der Waals surface area (Å²) in [5.74, 6) is 0. The minimum Gasteiger partial charge on any atom is -0.382 e. The van der Waals surface area contributed by atoms with Crippen molar-refractivity contribution in [1.29, 1.82) is 0 Å². The highest BCUT2D eigenvalue weighted by molar-refractivity contribution is 9.10. The SMILES string of the molecule is CCCn1ncc(NCC2(CC)CC2)c(Br)c1=O. The summed E-state index contributed by atoms with van der Waals surface area (Å²) in [6.45, 7) is 5.85. The van der Waals surface area contributed by atoms with Crippen molar-refractivity contribution in [2.75, 3.05) is 11.9 Å². The Morgan fingerprint density at radius 2 is 2.22 bits per heavy atom. The van der Waals surface area contributed by atoms with Crippen LogP contribution in [0.5, 0.6) is 0 Å². The van der Waals surface area contributed by atoms with Crippen molar-refractivity contribution in [2.45, 2.75) is 46.1 Å². The van der Waals surface area contributed by atoms with Crippen LogP contribution >= 0.6 is 15.9 Å². The van der Waals surface area contributed by atoms with E-state index in [4.69, 9.17) is 0 Å². The van der Waals surface area contributed by atoms with E-state index in [0.717, 1.165) is 18.7 Å². The molecule has 0 aliphatic heterocycles. The van der Waals surface area contributed by atoms with Gasteiger partial charge < -0.3 is 5.32 Å². The van der Waals surface area contributed by atoms with Crippen LogP contribution in [0.25, 0.3) is 0 Å². The first kappa shape index (κ1) is 13.6. The van der Waals surface area contributed by atoms with Crippen molar-refractivity contribution in [3.05, 3.63) is 21.0 Å². The number of anilines is 1. The van der Waals surface area contributed by atoms with E-state index in [-0.39, 0.29) is 5.56 Å². The van der Waals surface area contributed by atoms with Crippen molar-refractivity contribution >= 4 is 21.6 Å². The summed E-state index contributed by atoms with van der Waals surface area (Å²) >= 11 is 3.38. The van der Waals surface area contributed by atoms with Crippen LogP contribution in [0.1, 0.15) is 39.5 Å². The molecule has 0 aromatic carbocycles. The molecule has 100 valence electrons. The molecule has 2 rings (SSSR count). The third-order valence-corrected chi connectivity index (χ3v) is 4.55. The first-order chi connectivity index (χ1) is 8.62. The molecular weight excluding hydrogens is 294 g/mol. The van der Waals surface area contributed by atoms with Gasteiger partial charge in [-0.2, -0.15) is 5.10 Å². The fourth-order valence-corrected chi connectivity index (χ4v) is 2.52. The average molecular weight is 314 g/mol. The van der Waals surface area contributed by atoms with E-state index in [1.54, 1.807) is 6.20 Å². The van der Waals surface area contributed by atoms with Gasteiger partial charge in [-0.25, -0.2) is 4.68 Å². The van der Waals surface area contributed by atoms with E-state index >= 15 is 0 Å². The average Bonchev–Trinajstić information content (AvgIpc) is 3.15. The number of nitrogens with zero attached hydrogens (tertiary/aromatic N) is 2. The van der Waals surface area contributed by atoms with Crippen LogP contribution < -0.4 is 10.9 Å². The molecule has 0 bridgehead atoms. The normalized spacial score (nSPS) is 16.6. The van der Waals surface area contributed by atoms with Gasteiger partial charge in [-0.1, -0.05) is 13.8 Å². The summed E-state index contributed by atoms with van der Waals surface area (Å²) in [6, 6.07) is 0. The molecule has 1 aromatic rings. The first-order valence-electron chi connectivity index (χ1n) is 6.61. The molecule has 0 atom stereocenters. The molecule has 0 amide bonds. The molecule has 0 radical (unpaired) electrons. The van der Waals surface area contributed by atoms with Crippen LogP contribution in [0.4, 0.5) is 5.69 Å². The Kier molecular flexibility index (Phi) is 4.10. The summed E-state index contributed by atoms with van der Waals surface area (Å²) in [7, 11) is 0. The van der Waals surface area contributed by atoms with Gasteiger partial charge in [0, 0.05) is 13.1 Å². The maximum absolute atomic E-state index is 12.0. The van der Waals surface area contributed by atoms with Crippen LogP contribution in [-0.2, 0) is 6.54 Å². The smallest absolute Gasteiger partial charge is 0.283 e. The largest absolute Gasteiger partial charge is 0.382 e. The van der Waals surface area contributed by atoms with Gasteiger partial charge in [0.05, 0.1) is 11.9 Å². The molecule has 1 aliphatic carbocycles. The van der Waals surface area contributed by atoms with Crippen LogP contribution in [0.15, 0.2) is 15.5 Å². The minimum atomic E-state index is -0.0526. The zero-order valence-corrected chi connectivity index (χ0v) is 12.6. The second kappa shape index (κ2) is 5.43. The van der Waals surface area contributed by atoms with Crippen LogP contribution in [0, 0.1) is 5.41 Å². The zero-order chi connectivity index (χ0) is 13.2. The second-order valence-corrected chi connectivity index (χ2v) is 5.90. The number of aromatic nitrogens is 2. The van der Waals surface area contributed by atoms with Gasteiger partial charge in [-0.3, -0.25) is 4.79 Å². The molecule has 0 spiro atoms. The Balaban J connectivity index is 2.10. The third kappa shape index (κ3) is 2.76. The predicted molar refractivity (Wildman–Crippen MR) is 76.9 cm³/mol. The van der Waals surface area contributed by atoms with Crippen LogP contribution in [0.2, 0.25) is 0 Å². The quantitative estimate of drug-likeness (QED) is 0.878. The van der Waals surface area contributed by atoms with Gasteiger partial charge in [-0.05, 0) is 47.0 Å². The fraction of sp³-hybridized carbons (Fsp3) is 0.692. The lowest BCUT2D eigenvalue weighted by Gasteiger charge is -2.15. The molecule has 4 nitrogen and oxygen atoms in total. The van der Waals surface area contributed by atoms with Gasteiger partial charge in [-0.15, -0.1) is 0 Å². The number of nitrogens with one attached hydrogen (secondary N) is 1. The molecule has 1 N–H and O–H groups in total. The Bertz CT molecular complexity index is 480. The monoisotopic (exact) mass is 313 g/mol. The first-order valence-corrected chi connectivity index (χ1v) is 7.40. The van der Waals surface area contributed by atoms with Gasteiger partial charge in [0.1, 0.15) is 4.47 Å². The van der Waals surface area contributed by atoms with E-state index < -0.39 is 0 Å². The highest BCUT2D eigenvalue weighted by atomic mass is 79.9. The van der Waals surface area contributed by atoms with Crippen molar-refractivity contribution in [2.24, 2.45) is 5.41 Å². The molecule has 1 fully saturated rings. The summed E-state index contributed by atoms with van der Waals surface area (Å²) in [4.78, 5) is 12.0. The number of halogens is 1. The van der Waals surface area contributed by atoms with Crippen LogP contribution in [-0.4, -0.2) is 16.3 Å². The fourth-order valence-electron chi connectivity index (χ4n) is 2.07. The Morgan fingerprint density at radius 1 is 1.50 bits per heavy atom. The molecule has 1 heterocycles. The molecule has 0 saturated heterocycles. The number of hydrogen-bond acceptors (Lipinski definition) is 3. The summed E-state index contributed by atoms with van der Waals surface area (Å²) in [5.41, 5.74) is 1.22. The molecule has 1 aliphatic rings. The second-order valence-electron chi connectivity index (χ2n) is 5.11. The predicted octanol–water partition coefficient (Wildman–Crippen LogP) is 3.02. The van der Waals surface area contributed by atoms with Crippen molar-refractivity contribution in [3.63, 3.8) is 0 Å². The van der Waals surface area contributed by atoms with E-state index in [1.807, 2.05) is 6.92 Å². The number of rotatable bonds is 6. The molecule has 5 heteroatoms.